The summed E-state index contributed by atoms with van der Waals surface area (Å²) >= 11 is 0. The van der Waals surface area contributed by atoms with Gasteiger partial charge in [0.25, 0.3) is 0 Å². The number of fused-ring (bicyclic) bond motifs is 4. The molecule has 0 radical (unpaired) electrons. The first-order valence-corrected chi connectivity index (χ1v) is 9.16. The third-order valence-electron chi connectivity index (χ3n) is 5.84. The van der Waals surface area contributed by atoms with Crippen molar-refractivity contribution in [3.05, 3.63) is 89.6 Å². The van der Waals surface area contributed by atoms with Gasteiger partial charge in [0.15, 0.2) is 0 Å². The normalized spacial score (nSPS) is 14.3. The number of nitrogens with zero attached hydrogens (tertiary/aromatic N) is 1. The predicted octanol–water partition coefficient (Wildman–Crippen LogP) is 6.52. The summed E-state index contributed by atoms with van der Waals surface area (Å²) in [6.45, 7) is 6.81. The lowest BCUT2D eigenvalue weighted by Crippen LogP contribution is -2.15. The maximum Gasteiger partial charge on any atom is 0.0749 e. The van der Waals surface area contributed by atoms with Crippen molar-refractivity contribution in [1.82, 2.24) is 4.98 Å². The molecule has 0 N–H and O–H groups in total. The van der Waals surface area contributed by atoms with E-state index in [4.69, 9.17) is 4.98 Å². The summed E-state index contributed by atoms with van der Waals surface area (Å²) < 4.78 is 0. The van der Waals surface area contributed by atoms with Crippen molar-refractivity contribution < 1.29 is 0 Å². The van der Waals surface area contributed by atoms with Crippen molar-refractivity contribution in [2.24, 2.45) is 0 Å². The van der Waals surface area contributed by atoms with Gasteiger partial charge in [0.2, 0.25) is 0 Å². The van der Waals surface area contributed by atoms with Crippen LogP contribution in [0.3, 0.4) is 0 Å². The van der Waals surface area contributed by atoms with Crippen LogP contribution in [-0.4, -0.2) is 4.98 Å². The van der Waals surface area contributed by atoms with Gasteiger partial charge in [-0.25, -0.2) is 0 Å². The minimum absolute atomic E-state index is 0.0235. The molecule has 1 nitrogen and oxygen atoms in total. The van der Waals surface area contributed by atoms with Gasteiger partial charge >= 0.3 is 0 Å². The molecule has 126 valence electrons. The molecule has 0 atom stereocenters. The number of aromatic nitrogens is 1. The molecule has 0 spiro atoms. The second-order valence-corrected chi connectivity index (χ2v) is 7.77. The first-order valence-electron chi connectivity index (χ1n) is 9.16. The molecule has 5 rings (SSSR count). The molecular formula is C25H21N. The number of hydrogen-bond donors (Lipinski definition) is 0. The third kappa shape index (κ3) is 2.00. The van der Waals surface area contributed by atoms with Crippen molar-refractivity contribution in [2.75, 3.05) is 0 Å². The second kappa shape index (κ2) is 5.28. The highest BCUT2D eigenvalue weighted by atomic mass is 14.7. The molecule has 0 aliphatic heterocycles. The number of rotatable bonds is 1. The highest BCUT2D eigenvalue weighted by Crippen LogP contribution is 2.49. The Labute approximate surface area is 154 Å². The Kier molecular flexibility index (Phi) is 3.12. The summed E-state index contributed by atoms with van der Waals surface area (Å²) in [6.07, 6.45) is 2.04. The Hall–Kier alpha value is -2.93. The predicted molar refractivity (Wildman–Crippen MR) is 109 cm³/mol. The van der Waals surface area contributed by atoms with Crippen LogP contribution >= 0.6 is 0 Å². The van der Waals surface area contributed by atoms with Gasteiger partial charge in [0.05, 0.1) is 5.69 Å². The van der Waals surface area contributed by atoms with Gasteiger partial charge < -0.3 is 0 Å². The molecule has 26 heavy (non-hydrogen) atoms. The third-order valence-corrected chi connectivity index (χ3v) is 5.84. The summed E-state index contributed by atoms with van der Waals surface area (Å²) in [7, 11) is 0. The van der Waals surface area contributed by atoms with E-state index in [1.807, 2.05) is 6.20 Å². The van der Waals surface area contributed by atoms with Gasteiger partial charge in [0, 0.05) is 22.7 Å². The van der Waals surface area contributed by atoms with Gasteiger partial charge in [-0.15, -0.1) is 0 Å². The average Bonchev–Trinajstić information content (AvgIpc) is 2.89. The molecule has 1 heteroatoms. The Morgan fingerprint density at radius 3 is 2.46 bits per heavy atom. The lowest BCUT2D eigenvalue weighted by molar-refractivity contribution is 0.659. The zero-order valence-electron chi connectivity index (χ0n) is 15.4. The van der Waals surface area contributed by atoms with E-state index in [1.54, 1.807) is 0 Å². The minimum Gasteiger partial charge on any atom is -0.255 e. The fraction of sp³-hybridized carbons (Fsp3) is 0.160. The van der Waals surface area contributed by atoms with Crippen LogP contribution in [0.15, 0.2) is 72.9 Å². The van der Waals surface area contributed by atoms with E-state index in [9.17, 15) is 0 Å². The van der Waals surface area contributed by atoms with E-state index < -0.39 is 0 Å². The Balaban J connectivity index is 1.77. The van der Waals surface area contributed by atoms with Gasteiger partial charge in [0.1, 0.15) is 0 Å². The maximum absolute atomic E-state index is 4.94. The van der Waals surface area contributed by atoms with Crippen LogP contribution in [0.4, 0.5) is 0 Å². The van der Waals surface area contributed by atoms with Gasteiger partial charge in [-0.05, 0) is 46.0 Å². The van der Waals surface area contributed by atoms with E-state index in [-0.39, 0.29) is 5.41 Å². The van der Waals surface area contributed by atoms with Crippen LogP contribution in [0.2, 0.25) is 0 Å². The smallest absolute Gasteiger partial charge is 0.0749 e. The average molecular weight is 335 g/mol. The van der Waals surface area contributed by atoms with Crippen molar-refractivity contribution in [1.29, 1.82) is 0 Å². The van der Waals surface area contributed by atoms with Crippen molar-refractivity contribution in [3.8, 4) is 22.4 Å². The highest BCUT2D eigenvalue weighted by Gasteiger charge is 2.37. The molecule has 0 unspecified atom stereocenters. The van der Waals surface area contributed by atoms with E-state index in [0.29, 0.717) is 0 Å². The number of hydrogen-bond acceptors (Lipinski definition) is 1. The van der Waals surface area contributed by atoms with Crippen LogP contribution in [0, 0.1) is 6.92 Å². The van der Waals surface area contributed by atoms with E-state index in [2.05, 4.69) is 87.5 Å². The lowest BCUT2D eigenvalue weighted by atomic mass is 9.81. The van der Waals surface area contributed by atoms with Crippen molar-refractivity contribution >= 4 is 10.8 Å². The molecule has 0 amide bonds. The summed E-state index contributed by atoms with van der Waals surface area (Å²) in [5.41, 5.74) is 8.90. The van der Waals surface area contributed by atoms with Gasteiger partial charge in [-0.1, -0.05) is 74.5 Å². The Morgan fingerprint density at radius 1 is 0.808 bits per heavy atom. The first-order chi connectivity index (χ1) is 12.6. The zero-order valence-corrected chi connectivity index (χ0v) is 15.4. The minimum atomic E-state index is -0.0235. The Morgan fingerprint density at radius 2 is 1.58 bits per heavy atom. The van der Waals surface area contributed by atoms with E-state index in [0.717, 1.165) is 5.69 Å². The molecule has 1 aromatic heterocycles. The van der Waals surface area contributed by atoms with Crippen molar-refractivity contribution in [2.45, 2.75) is 26.2 Å². The van der Waals surface area contributed by atoms with Crippen LogP contribution in [0.25, 0.3) is 33.2 Å². The molecule has 0 bridgehead atoms. The van der Waals surface area contributed by atoms with Crippen LogP contribution < -0.4 is 0 Å². The summed E-state index contributed by atoms with van der Waals surface area (Å²) in [5, 5.41) is 2.55. The van der Waals surface area contributed by atoms with Gasteiger partial charge in [-0.2, -0.15) is 0 Å². The molecular weight excluding hydrogens is 314 g/mol. The van der Waals surface area contributed by atoms with Gasteiger partial charge in [-0.3, -0.25) is 4.98 Å². The fourth-order valence-corrected chi connectivity index (χ4v) is 4.41. The molecule has 1 aliphatic carbocycles. The number of aryl methyl sites for hydroxylation is 1. The maximum atomic E-state index is 4.94. The van der Waals surface area contributed by atoms with E-state index in [1.165, 1.54) is 44.2 Å². The number of pyridine rings is 1. The SMILES string of the molecule is Cc1cccc2c1-c1ncc(-c3cccc4ccccc34)cc1C2(C)C. The van der Waals surface area contributed by atoms with E-state index >= 15 is 0 Å². The topological polar surface area (TPSA) is 12.9 Å². The highest BCUT2D eigenvalue weighted by molar-refractivity contribution is 5.97. The fourth-order valence-electron chi connectivity index (χ4n) is 4.41. The summed E-state index contributed by atoms with van der Waals surface area (Å²) in [6, 6.07) is 24.0. The molecule has 0 saturated carbocycles. The molecule has 0 fully saturated rings. The first kappa shape index (κ1) is 15.3. The Bertz CT molecular complexity index is 1160. The standard InChI is InChI=1S/C25H21N/c1-16-8-6-13-21-23(16)24-22(25(21,2)3)14-18(15-26-24)20-12-7-10-17-9-4-5-11-19(17)20/h4-15H,1-3H3. The molecule has 1 aliphatic rings. The molecule has 3 aromatic carbocycles. The zero-order chi connectivity index (χ0) is 17.9. The number of benzene rings is 3. The second-order valence-electron chi connectivity index (χ2n) is 7.77. The van der Waals surface area contributed by atoms with Crippen LogP contribution in [0.5, 0.6) is 0 Å². The quantitative estimate of drug-likeness (QED) is 0.386. The largest absolute Gasteiger partial charge is 0.255 e. The van der Waals surface area contributed by atoms with Crippen LogP contribution in [-0.2, 0) is 5.41 Å². The monoisotopic (exact) mass is 335 g/mol. The van der Waals surface area contributed by atoms with Crippen LogP contribution in [0.1, 0.15) is 30.5 Å². The molecule has 4 aromatic rings. The lowest BCUT2D eigenvalue weighted by Gasteiger charge is -2.21. The van der Waals surface area contributed by atoms with Crippen molar-refractivity contribution in [3.63, 3.8) is 0 Å². The molecule has 0 saturated heterocycles. The summed E-state index contributed by atoms with van der Waals surface area (Å²) in [4.78, 5) is 4.94. The summed E-state index contributed by atoms with van der Waals surface area (Å²) in [5.74, 6) is 0. The molecule has 1 heterocycles.